The quantitative estimate of drug-likeness (QED) is 0.883. The van der Waals surface area contributed by atoms with E-state index in [1.54, 1.807) is 36.4 Å². The van der Waals surface area contributed by atoms with Crippen LogP contribution >= 0.6 is 0 Å². The second-order valence-corrected chi connectivity index (χ2v) is 3.67. The molecule has 0 saturated carbocycles. The molecule has 0 amide bonds. The van der Waals surface area contributed by atoms with Gasteiger partial charge in [0.15, 0.2) is 0 Å². The van der Waals surface area contributed by atoms with E-state index >= 15 is 0 Å². The third-order valence-electron chi connectivity index (χ3n) is 2.24. The zero-order chi connectivity index (χ0) is 12.8. The standard InChI is InChI=1S/C14H14FNO2/c15-11-2-1-3-14(10-11)18-13-6-4-12(5-7-13)17-9-8-16/h1-7,10H,8-9,16H2. The average molecular weight is 247 g/mol. The molecule has 0 bridgehead atoms. The van der Waals surface area contributed by atoms with E-state index in [9.17, 15) is 4.39 Å². The van der Waals surface area contributed by atoms with Crippen molar-refractivity contribution in [1.82, 2.24) is 0 Å². The minimum absolute atomic E-state index is 0.324. The number of halogens is 1. The second-order valence-electron chi connectivity index (χ2n) is 3.67. The van der Waals surface area contributed by atoms with Gasteiger partial charge in [-0.25, -0.2) is 4.39 Å². The minimum atomic E-state index is -0.324. The fraction of sp³-hybridized carbons (Fsp3) is 0.143. The maximum atomic E-state index is 13.0. The Bertz CT molecular complexity index is 499. The molecule has 2 rings (SSSR count). The van der Waals surface area contributed by atoms with Crippen LogP contribution in [0.15, 0.2) is 48.5 Å². The van der Waals surface area contributed by atoms with Gasteiger partial charge >= 0.3 is 0 Å². The summed E-state index contributed by atoms with van der Waals surface area (Å²) in [7, 11) is 0. The van der Waals surface area contributed by atoms with Crippen LogP contribution in [-0.2, 0) is 0 Å². The summed E-state index contributed by atoms with van der Waals surface area (Å²) in [6.07, 6.45) is 0. The molecular formula is C14H14FNO2. The van der Waals surface area contributed by atoms with Crippen molar-refractivity contribution in [3.63, 3.8) is 0 Å². The summed E-state index contributed by atoms with van der Waals surface area (Å²) < 4.78 is 23.8. The van der Waals surface area contributed by atoms with Crippen LogP contribution in [0.25, 0.3) is 0 Å². The Labute approximate surface area is 105 Å². The maximum absolute atomic E-state index is 13.0. The van der Waals surface area contributed by atoms with Gasteiger partial charge in [0.05, 0.1) is 0 Å². The van der Waals surface area contributed by atoms with E-state index in [1.807, 2.05) is 0 Å². The van der Waals surface area contributed by atoms with E-state index in [0.29, 0.717) is 24.7 Å². The van der Waals surface area contributed by atoms with Crippen molar-refractivity contribution in [2.24, 2.45) is 5.73 Å². The lowest BCUT2D eigenvalue weighted by atomic mass is 10.3. The van der Waals surface area contributed by atoms with E-state index in [-0.39, 0.29) is 5.82 Å². The highest BCUT2D eigenvalue weighted by molar-refractivity contribution is 5.35. The van der Waals surface area contributed by atoms with Crippen LogP contribution in [0.2, 0.25) is 0 Å². The van der Waals surface area contributed by atoms with Crippen molar-refractivity contribution >= 4 is 0 Å². The van der Waals surface area contributed by atoms with Crippen LogP contribution in [0.1, 0.15) is 0 Å². The number of ether oxygens (including phenoxy) is 2. The van der Waals surface area contributed by atoms with Crippen molar-refractivity contribution in [2.45, 2.75) is 0 Å². The van der Waals surface area contributed by atoms with Gasteiger partial charge in [0.1, 0.15) is 29.7 Å². The monoisotopic (exact) mass is 247 g/mol. The Morgan fingerprint density at radius 1 is 0.944 bits per heavy atom. The van der Waals surface area contributed by atoms with Crippen molar-refractivity contribution in [3.8, 4) is 17.2 Å². The smallest absolute Gasteiger partial charge is 0.130 e. The zero-order valence-corrected chi connectivity index (χ0v) is 9.80. The summed E-state index contributed by atoms with van der Waals surface area (Å²) >= 11 is 0. The van der Waals surface area contributed by atoms with Crippen LogP contribution in [0.5, 0.6) is 17.2 Å². The molecule has 2 aromatic rings. The summed E-state index contributed by atoms with van der Waals surface area (Å²) in [5.41, 5.74) is 5.34. The van der Waals surface area contributed by atoms with E-state index in [1.165, 1.54) is 12.1 Å². The fourth-order valence-electron chi connectivity index (χ4n) is 1.45. The van der Waals surface area contributed by atoms with Gasteiger partial charge in [0, 0.05) is 12.6 Å². The van der Waals surface area contributed by atoms with Gasteiger partial charge in [-0.1, -0.05) is 6.07 Å². The lowest BCUT2D eigenvalue weighted by Gasteiger charge is -2.07. The molecule has 0 fully saturated rings. The van der Waals surface area contributed by atoms with Crippen molar-refractivity contribution < 1.29 is 13.9 Å². The van der Waals surface area contributed by atoms with E-state index in [0.717, 1.165) is 5.75 Å². The number of rotatable bonds is 5. The van der Waals surface area contributed by atoms with Gasteiger partial charge < -0.3 is 15.2 Å². The largest absolute Gasteiger partial charge is 0.492 e. The predicted octanol–water partition coefficient (Wildman–Crippen LogP) is 2.96. The van der Waals surface area contributed by atoms with Crippen LogP contribution in [0.4, 0.5) is 4.39 Å². The summed E-state index contributed by atoms with van der Waals surface area (Å²) in [5.74, 6) is 1.49. The molecule has 4 heteroatoms. The molecule has 2 N–H and O–H groups in total. The molecular weight excluding hydrogens is 233 g/mol. The van der Waals surface area contributed by atoms with Crippen LogP contribution in [-0.4, -0.2) is 13.2 Å². The van der Waals surface area contributed by atoms with Gasteiger partial charge in [-0.3, -0.25) is 0 Å². The molecule has 0 unspecified atom stereocenters. The van der Waals surface area contributed by atoms with Crippen LogP contribution in [0, 0.1) is 5.82 Å². The highest BCUT2D eigenvalue weighted by Crippen LogP contribution is 2.24. The van der Waals surface area contributed by atoms with Gasteiger partial charge in [-0.15, -0.1) is 0 Å². The molecule has 94 valence electrons. The normalized spacial score (nSPS) is 10.1. The number of hydrogen-bond acceptors (Lipinski definition) is 3. The molecule has 0 radical (unpaired) electrons. The third-order valence-corrected chi connectivity index (χ3v) is 2.24. The minimum Gasteiger partial charge on any atom is -0.492 e. The molecule has 0 saturated heterocycles. The highest BCUT2D eigenvalue weighted by Gasteiger charge is 1.99. The molecule has 0 aliphatic rings. The molecule has 0 aliphatic heterocycles. The van der Waals surface area contributed by atoms with E-state index < -0.39 is 0 Å². The topological polar surface area (TPSA) is 44.5 Å². The van der Waals surface area contributed by atoms with Gasteiger partial charge in [-0.2, -0.15) is 0 Å². The summed E-state index contributed by atoms with van der Waals surface area (Å²) in [4.78, 5) is 0. The maximum Gasteiger partial charge on any atom is 0.130 e. The first-order chi connectivity index (χ1) is 8.78. The lowest BCUT2D eigenvalue weighted by molar-refractivity contribution is 0.328. The van der Waals surface area contributed by atoms with Crippen molar-refractivity contribution in [3.05, 3.63) is 54.3 Å². The predicted molar refractivity (Wildman–Crippen MR) is 67.5 cm³/mol. The summed E-state index contributed by atoms with van der Waals surface area (Å²) in [5, 5.41) is 0. The molecule has 0 heterocycles. The summed E-state index contributed by atoms with van der Waals surface area (Å²) in [6.45, 7) is 0.950. The van der Waals surface area contributed by atoms with Gasteiger partial charge in [-0.05, 0) is 36.4 Å². The Kier molecular flexibility index (Phi) is 4.15. The number of hydrogen-bond donors (Lipinski definition) is 1. The first-order valence-electron chi connectivity index (χ1n) is 5.64. The van der Waals surface area contributed by atoms with Crippen molar-refractivity contribution in [2.75, 3.05) is 13.2 Å². The lowest BCUT2D eigenvalue weighted by Crippen LogP contribution is -2.10. The van der Waals surface area contributed by atoms with Crippen molar-refractivity contribution in [1.29, 1.82) is 0 Å². The number of benzene rings is 2. The first kappa shape index (κ1) is 12.4. The van der Waals surface area contributed by atoms with E-state index in [4.69, 9.17) is 15.2 Å². The Balaban J connectivity index is 2.02. The molecule has 0 aliphatic carbocycles. The summed E-state index contributed by atoms with van der Waals surface area (Å²) in [6, 6.07) is 13.1. The van der Waals surface area contributed by atoms with Gasteiger partial charge in [0.2, 0.25) is 0 Å². The fourth-order valence-corrected chi connectivity index (χ4v) is 1.45. The molecule has 2 aromatic carbocycles. The molecule has 18 heavy (non-hydrogen) atoms. The van der Waals surface area contributed by atoms with Crippen LogP contribution in [0.3, 0.4) is 0 Å². The second kappa shape index (κ2) is 6.02. The van der Waals surface area contributed by atoms with E-state index in [2.05, 4.69) is 0 Å². The van der Waals surface area contributed by atoms with Gasteiger partial charge in [0.25, 0.3) is 0 Å². The molecule has 0 aromatic heterocycles. The first-order valence-corrected chi connectivity index (χ1v) is 5.64. The molecule has 3 nitrogen and oxygen atoms in total. The Hall–Kier alpha value is -2.07. The zero-order valence-electron chi connectivity index (χ0n) is 9.80. The third kappa shape index (κ3) is 3.46. The number of nitrogens with two attached hydrogens (primary N) is 1. The average Bonchev–Trinajstić information content (AvgIpc) is 2.38. The Morgan fingerprint density at radius 2 is 1.67 bits per heavy atom. The SMILES string of the molecule is NCCOc1ccc(Oc2cccc(F)c2)cc1. The molecule has 0 spiro atoms. The highest BCUT2D eigenvalue weighted by atomic mass is 19.1. The Morgan fingerprint density at radius 3 is 2.33 bits per heavy atom. The van der Waals surface area contributed by atoms with Crippen LogP contribution < -0.4 is 15.2 Å². The molecule has 0 atom stereocenters.